The van der Waals surface area contributed by atoms with E-state index in [1.807, 2.05) is 62.4 Å². The van der Waals surface area contributed by atoms with Crippen molar-refractivity contribution in [3.63, 3.8) is 0 Å². The number of anilines is 1. The third kappa shape index (κ3) is 5.12. The molecule has 5 rings (SSSR count). The smallest absolute Gasteiger partial charge is 0.251 e. The molecule has 3 aliphatic heterocycles. The zero-order chi connectivity index (χ0) is 31.1. The largest absolute Gasteiger partial charge is 0.394 e. The van der Waals surface area contributed by atoms with E-state index in [9.17, 15) is 14.7 Å². The van der Waals surface area contributed by atoms with Gasteiger partial charge in [0.25, 0.3) is 5.91 Å². The Hall–Kier alpha value is -3.36. The molecule has 3 amide bonds. The van der Waals surface area contributed by atoms with Gasteiger partial charge in [-0.3, -0.25) is 14.4 Å². The Bertz CT molecular complexity index is 1410. The van der Waals surface area contributed by atoms with Crippen LogP contribution in [-0.4, -0.2) is 81.5 Å². The number of aryl methyl sites for hydroxylation is 2. The van der Waals surface area contributed by atoms with Crippen molar-refractivity contribution in [3.05, 3.63) is 90.5 Å². The van der Waals surface area contributed by atoms with E-state index in [1.54, 1.807) is 45.7 Å². The van der Waals surface area contributed by atoms with Gasteiger partial charge in [0.05, 0.1) is 29.2 Å². The number of nitrogens with zero attached hydrogens (tertiary/aromatic N) is 3. The van der Waals surface area contributed by atoms with Crippen LogP contribution in [0.15, 0.2) is 73.8 Å². The lowest BCUT2D eigenvalue weighted by Gasteiger charge is -2.42. The second kappa shape index (κ2) is 12.3. The Labute approximate surface area is 259 Å². The van der Waals surface area contributed by atoms with Crippen LogP contribution in [0.1, 0.15) is 30.0 Å². The van der Waals surface area contributed by atoms with Crippen molar-refractivity contribution in [3.8, 4) is 0 Å². The van der Waals surface area contributed by atoms with Gasteiger partial charge in [-0.15, -0.1) is 24.9 Å². The minimum Gasteiger partial charge on any atom is -0.394 e. The summed E-state index contributed by atoms with van der Waals surface area (Å²) in [5, 5.41) is 10.7. The summed E-state index contributed by atoms with van der Waals surface area (Å²) in [6.45, 7) is 14.2. The van der Waals surface area contributed by atoms with Crippen LogP contribution in [0.3, 0.4) is 0 Å². The lowest BCUT2D eigenvalue weighted by atomic mass is 9.65. The zero-order valence-corrected chi connectivity index (χ0v) is 26.4. The van der Waals surface area contributed by atoms with Crippen molar-refractivity contribution in [2.45, 2.75) is 55.7 Å². The van der Waals surface area contributed by atoms with Crippen LogP contribution in [0.5, 0.6) is 0 Å². The van der Waals surface area contributed by atoms with E-state index in [4.69, 9.17) is 0 Å². The lowest BCUT2D eigenvalue weighted by Crippen LogP contribution is -2.60. The molecule has 0 aromatic heterocycles. The molecular weight excluding hydrogens is 558 g/mol. The fourth-order valence-corrected chi connectivity index (χ4v) is 10.1. The number of amides is 3. The summed E-state index contributed by atoms with van der Waals surface area (Å²) in [5.41, 5.74) is 3.72. The molecule has 7 nitrogen and oxygen atoms in total. The van der Waals surface area contributed by atoms with E-state index in [0.717, 1.165) is 28.8 Å². The van der Waals surface area contributed by atoms with Crippen molar-refractivity contribution < 1.29 is 19.5 Å². The Morgan fingerprint density at radius 1 is 1.12 bits per heavy atom. The maximum atomic E-state index is 15.1. The first-order valence-corrected chi connectivity index (χ1v) is 16.0. The highest BCUT2D eigenvalue weighted by molar-refractivity contribution is 8.02. The van der Waals surface area contributed by atoms with Crippen LogP contribution in [0.4, 0.5) is 5.69 Å². The number of hydrogen-bond donors (Lipinski definition) is 1. The van der Waals surface area contributed by atoms with E-state index < -0.39 is 28.7 Å². The molecule has 8 heteroatoms. The van der Waals surface area contributed by atoms with Crippen LogP contribution in [0.2, 0.25) is 0 Å². The van der Waals surface area contributed by atoms with E-state index >= 15 is 4.79 Å². The fraction of sp³-hybridized carbons (Fsp3) is 0.457. The second-order valence-electron chi connectivity index (χ2n) is 12.4. The fourth-order valence-electron chi connectivity index (χ4n) is 7.68. The lowest BCUT2D eigenvalue weighted by molar-refractivity contribution is -0.145. The van der Waals surface area contributed by atoms with E-state index in [-0.39, 0.29) is 42.0 Å². The Balaban J connectivity index is 1.66. The maximum Gasteiger partial charge on any atom is 0.251 e. The molecule has 3 aliphatic rings. The normalized spacial score (nSPS) is 28.0. The number of carbonyl (C=O) groups excluding carboxylic acids is 3. The third-order valence-electron chi connectivity index (χ3n) is 9.63. The van der Waals surface area contributed by atoms with Gasteiger partial charge in [0.15, 0.2) is 0 Å². The topological polar surface area (TPSA) is 81.2 Å². The predicted molar refractivity (Wildman–Crippen MR) is 173 cm³/mol. The number of rotatable bonds is 11. The Morgan fingerprint density at radius 3 is 2.47 bits per heavy atom. The number of aliphatic hydroxyl groups excluding tert-OH is 1. The number of thioether (sulfide) groups is 1. The standard InChI is InChI=1S/C35H43N3O4S/c1-7-16-36(6)32(40)29-28-19-24(5)35(43-28)30(29)33(41)38(26(21-39)20-25-12-10-9-11-13-25)31(35)34(42)37(17-8-2)27-18-22(3)14-15-23(27)4/h7-15,18,24,26,28-31,39H,1-2,16-17,19-21H2,3-6H3/t24?,26-,28-,29+,30+,31?,35?/m1/s1. The SMILES string of the molecule is C=CCN(C)C(=O)[C@@H]1[C@H]2C(=O)N([C@@H](CO)Cc3ccccc3)C(C(=O)N(CC=C)c3cc(C)ccc3C)C23S[C@@H]1CC3C. The molecule has 3 fully saturated rings. The number of carbonyl (C=O) groups is 3. The minimum absolute atomic E-state index is 0.0180. The maximum absolute atomic E-state index is 15.1. The van der Waals surface area contributed by atoms with Crippen LogP contribution in [0, 0.1) is 31.6 Å². The number of fused-ring (bicyclic) bond motifs is 1. The number of hydrogen-bond acceptors (Lipinski definition) is 5. The van der Waals surface area contributed by atoms with Gasteiger partial charge >= 0.3 is 0 Å². The predicted octanol–water partition coefficient (Wildman–Crippen LogP) is 4.41. The summed E-state index contributed by atoms with van der Waals surface area (Å²) in [4.78, 5) is 48.8. The van der Waals surface area contributed by atoms with Crippen molar-refractivity contribution >= 4 is 35.2 Å². The number of likely N-dealkylation sites (N-methyl/N-ethyl adjacent to an activating group) is 1. The molecule has 1 N–H and O–H groups in total. The van der Waals surface area contributed by atoms with Crippen molar-refractivity contribution in [2.75, 3.05) is 31.6 Å². The van der Waals surface area contributed by atoms with Crippen molar-refractivity contribution in [1.82, 2.24) is 9.80 Å². The number of benzene rings is 2. The molecule has 0 saturated carbocycles. The van der Waals surface area contributed by atoms with Gasteiger partial charge in [-0.2, -0.15) is 0 Å². The van der Waals surface area contributed by atoms with Crippen LogP contribution in [-0.2, 0) is 20.8 Å². The van der Waals surface area contributed by atoms with Gasteiger partial charge in [-0.1, -0.05) is 61.5 Å². The highest BCUT2D eigenvalue weighted by Crippen LogP contribution is 2.69. The monoisotopic (exact) mass is 601 g/mol. The molecule has 0 aliphatic carbocycles. The summed E-state index contributed by atoms with van der Waals surface area (Å²) >= 11 is 1.65. The molecule has 0 radical (unpaired) electrons. The molecule has 1 spiro atoms. The van der Waals surface area contributed by atoms with Gasteiger partial charge in [0.2, 0.25) is 11.8 Å². The summed E-state index contributed by atoms with van der Waals surface area (Å²) in [7, 11) is 1.74. The molecule has 2 aromatic rings. The Kier molecular flexibility index (Phi) is 8.91. The second-order valence-corrected chi connectivity index (χ2v) is 13.9. The quantitative estimate of drug-likeness (QED) is 0.386. The average molecular weight is 602 g/mol. The van der Waals surface area contributed by atoms with Gasteiger partial charge < -0.3 is 19.8 Å². The highest BCUT2D eigenvalue weighted by Gasteiger charge is 2.77. The molecule has 3 heterocycles. The van der Waals surface area contributed by atoms with Crippen LogP contribution < -0.4 is 4.90 Å². The third-order valence-corrected chi connectivity index (χ3v) is 11.7. The van der Waals surface area contributed by atoms with Gasteiger partial charge in [0.1, 0.15) is 6.04 Å². The molecule has 43 heavy (non-hydrogen) atoms. The summed E-state index contributed by atoms with van der Waals surface area (Å²) in [5.74, 6) is -1.66. The van der Waals surface area contributed by atoms with Crippen LogP contribution in [0.25, 0.3) is 0 Å². The number of aliphatic hydroxyl groups is 1. The summed E-state index contributed by atoms with van der Waals surface area (Å²) < 4.78 is -0.796. The van der Waals surface area contributed by atoms with Crippen molar-refractivity contribution in [1.29, 1.82) is 0 Å². The summed E-state index contributed by atoms with van der Waals surface area (Å²) in [6.07, 6.45) is 4.54. The highest BCUT2D eigenvalue weighted by atomic mass is 32.2. The number of likely N-dealkylation sites (tertiary alicyclic amines) is 1. The van der Waals surface area contributed by atoms with Gasteiger partial charge in [-0.25, -0.2) is 0 Å². The first-order chi connectivity index (χ1) is 20.6. The minimum atomic E-state index is -0.849. The first kappa shape index (κ1) is 31.1. The van der Waals surface area contributed by atoms with Crippen LogP contribution >= 0.6 is 11.8 Å². The van der Waals surface area contributed by atoms with E-state index in [1.165, 1.54) is 0 Å². The zero-order valence-electron chi connectivity index (χ0n) is 25.6. The van der Waals surface area contributed by atoms with E-state index in [2.05, 4.69) is 20.1 Å². The first-order valence-electron chi connectivity index (χ1n) is 15.1. The van der Waals surface area contributed by atoms with Crippen molar-refractivity contribution in [2.24, 2.45) is 17.8 Å². The van der Waals surface area contributed by atoms with E-state index in [0.29, 0.717) is 13.0 Å². The molecule has 2 aromatic carbocycles. The van der Waals surface area contributed by atoms with Gasteiger partial charge in [-0.05, 0) is 55.4 Å². The average Bonchev–Trinajstić information content (AvgIpc) is 3.59. The summed E-state index contributed by atoms with van der Waals surface area (Å²) in [6, 6.07) is 14.3. The molecule has 228 valence electrons. The molecule has 7 atom stereocenters. The molecular formula is C35H43N3O4S. The molecule has 3 saturated heterocycles. The Morgan fingerprint density at radius 2 is 1.81 bits per heavy atom. The van der Waals surface area contributed by atoms with Gasteiger partial charge in [0, 0.05) is 31.1 Å². The molecule has 3 unspecified atom stereocenters. The molecule has 2 bridgehead atoms.